The Hall–Kier alpha value is -2.66. The summed E-state index contributed by atoms with van der Waals surface area (Å²) in [6.07, 6.45) is 8.18. The number of pyridine rings is 1. The molecule has 1 aromatic carbocycles. The Morgan fingerprint density at radius 1 is 0.933 bits per heavy atom. The summed E-state index contributed by atoms with van der Waals surface area (Å²) < 4.78 is 2.38. The lowest BCUT2D eigenvalue weighted by Crippen LogP contribution is -2.40. The van der Waals surface area contributed by atoms with Crippen LogP contribution in [0.3, 0.4) is 0 Å². The highest BCUT2D eigenvalue weighted by Gasteiger charge is 2.44. The minimum atomic E-state index is 0.0392. The van der Waals surface area contributed by atoms with Gasteiger partial charge in [-0.1, -0.05) is 43.5 Å². The quantitative estimate of drug-likeness (QED) is 0.571. The van der Waals surface area contributed by atoms with E-state index in [1.807, 2.05) is 12.3 Å². The molecule has 1 saturated carbocycles. The second kappa shape index (κ2) is 8.23. The summed E-state index contributed by atoms with van der Waals surface area (Å²) in [5.41, 5.74) is 4.74. The fraction of sp³-hybridized carbons (Fsp3) is 0.360. The highest BCUT2D eigenvalue weighted by molar-refractivity contribution is 7.80. The van der Waals surface area contributed by atoms with Crippen molar-refractivity contribution in [2.24, 2.45) is 0 Å². The van der Waals surface area contributed by atoms with E-state index in [9.17, 15) is 0 Å². The molecule has 3 heterocycles. The predicted octanol–water partition coefficient (Wildman–Crippen LogP) is 5.49. The Labute approximate surface area is 183 Å². The van der Waals surface area contributed by atoms with Gasteiger partial charge in [0.05, 0.1) is 17.8 Å². The summed E-state index contributed by atoms with van der Waals surface area (Å²) in [6.45, 7) is 2.18. The van der Waals surface area contributed by atoms with Gasteiger partial charge in [-0.15, -0.1) is 0 Å². The van der Waals surface area contributed by atoms with Crippen LogP contribution in [-0.4, -0.2) is 25.6 Å². The molecule has 1 N–H and O–H groups in total. The van der Waals surface area contributed by atoms with Crippen molar-refractivity contribution in [3.63, 3.8) is 0 Å². The van der Waals surface area contributed by atoms with Gasteiger partial charge in [0, 0.05) is 29.3 Å². The number of para-hydroxylation sites is 1. The van der Waals surface area contributed by atoms with Gasteiger partial charge in [0.1, 0.15) is 0 Å². The fourth-order valence-electron chi connectivity index (χ4n) is 5.15. The Bertz CT molecular complexity index is 1010. The Morgan fingerprint density at radius 3 is 2.43 bits per heavy atom. The lowest BCUT2D eigenvalue weighted by atomic mass is 9.92. The van der Waals surface area contributed by atoms with Crippen LogP contribution in [0.4, 0.5) is 0 Å². The number of thiocarbonyl (C=S) groups is 1. The average molecular weight is 417 g/mol. The summed E-state index contributed by atoms with van der Waals surface area (Å²) >= 11 is 5.92. The number of nitrogens with zero attached hydrogens (tertiary/aromatic N) is 3. The number of nitrogens with one attached hydrogen (secondary N) is 1. The molecule has 4 nitrogen and oxygen atoms in total. The standard InChI is InChI=1S/C25H28N4S/c1-18-15-16-22(28(18)19-10-4-2-5-11-19)24-23(21-14-8-9-17-26-21)27-25(30)29(24)20-12-6-3-7-13-20/h2,4-5,8-11,14-17,20,23-24H,3,6-7,12-13H2,1H3,(H,27,30)/t23-,24-/m1/s1. The molecule has 2 aliphatic rings. The molecule has 5 rings (SSSR count). The van der Waals surface area contributed by atoms with E-state index in [4.69, 9.17) is 17.2 Å². The third-order valence-electron chi connectivity index (χ3n) is 6.53. The minimum absolute atomic E-state index is 0.0392. The predicted molar refractivity (Wildman–Crippen MR) is 125 cm³/mol. The molecular weight excluding hydrogens is 388 g/mol. The van der Waals surface area contributed by atoms with E-state index in [1.54, 1.807) is 0 Å². The molecule has 1 saturated heterocycles. The second-order valence-corrected chi connectivity index (χ2v) is 8.78. The first-order chi connectivity index (χ1) is 14.7. The summed E-state index contributed by atoms with van der Waals surface area (Å²) in [5.74, 6) is 0. The zero-order valence-electron chi connectivity index (χ0n) is 17.4. The molecule has 3 aromatic rings. The van der Waals surface area contributed by atoms with Crippen molar-refractivity contribution < 1.29 is 0 Å². The van der Waals surface area contributed by atoms with Gasteiger partial charge in [-0.3, -0.25) is 4.98 Å². The Kier molecular flexibility index (Phi) is 5.30. The van der Waals surface area contributed by atoms with Crippen molar-refractivity contribution in [2.45, 2.75) is 57.2 Å². The highest BCUT2D eigenvalue weighted by Crippen LogP contribution is 2.43. The molecule has 30 heavy (non-hydrogen) atoms. The molecule has 0 bridgehead atoms. The molecule has 0 spiro atoms. The largest absolute Gasteiger partial charge is 0.352 e. The lowest BCUT2D eigenvalue weighted by Gasteiger charge is -2.37. The van der Waals surface area contributed by atoms with Crippen molar-refractivity contribution in [2.75, 3.05) is 0 Å². The topological polar surface area (TPSA) is 33.1 Å². The summed E-state index contributed by atoms with van der Waals surface area (Å²) in [6, 6.07) is 21.9. The monoisotopic (exact) mass is 416 g/mol. The van der Waals surface area contributed by atoms with E-state index < -0.39 is 0 Å². The van der Waals surface area contributed by atoms with Crippen molar-refractivity contribution in [3.8, 4) is 5.69 Å². The highest BCUT2D eigenvalue weighted by atomic mass is 32.1. The second-order valence-electron chi connectivity index (χ2n) is 8.40. The normalized spacial score (nSPS) is 22.3. The number of aromatic nitrogens is 2. The average Bonchev–Trinajstić information content (AvgIpc) is 3.35. The molecule has 0 amide bonds. The van der Waals surface area contributed by atoms with Gasteiger partial charge in [0.25, 0.3) is 0 Å². The van der Waals surface area contributed by atoms with Crippen LogP contribution < -0.4 is 5.32 Å². The van der Waals surface area contributed by atoms with Crippen LogP contribution in [0.1, 0.15) is 61.3 Å². The fourth-order valence-corrected chi connectivity index (χ4v) is 5.54. The first kappa shape index (κ1) is 19.3. The molecule has 0 unspecified atom stereocenters. The van der Waals surface area contributed by atoms with Crippen LogP contribution in [0.5, 0.6) is 0 Å². The Morgan fingerprint density at radius 2 is 1.70 bits per heavy atom. The SMILES string of the molecule is Cc1ccc([C@@H]2[C@@H](c3ccccn3)NC(=S)N2C2CCCCC2)n1-c1ccccc1. The van der Waals surface area contributed by atoms with Crippen molar-refractivity contribution in [1.29, 1.82) is 0 Å². The van der Waals surface area contributed by atoms with Crippen molar-refractivity contribution in [1.82, 2.24) is 19.8 Å². The lowest BCUT2D eigenvalue weighted by molar-refractivity contribution is 0.193. The van der Waals surface area contributed by atoms with Gasteiger partial charge >= 0.3 is 0 Å². The van der Waals surface area contributed by atoms with Crippen LogP contribution >= 0.6 is 12.2 Å². The van der Waals surface area contributed by atoms with E-state index in [0.717, 1.165) is 10.8 Å². The van der Waals surface area contributed by atoms with Gasteiger partial charge in [-0.05, 0) is 68.4 Å². The maximum Gasteiger partial charge on any atom is 0.170 e. The molecule has 5 heteroatoms. The van der Waals surface area contributed by atoms with Crippen molar-refractivity contribution in [3.05, 3.63) is 83.9 Å². The third kappa shape index (κ3) is 3.41. The number of benzene rings is 1. The number of hydrogen-bond donors (Lipinski definition) is 1. The smallest absolute Gasteiger partial charge is 0.170 e. The third-order valence-corrected chi connectivity index (χ3v) is 6.86. The zero-order valence-corrected chi connectivity index (χ0v) is 18.2. The first-order valence-electron chi connectivity index (χ1n) is 11.0. The maximum absolute atomic E-state index is 5.92. The van der Waals surface area contributed by atoms with Crippen LogP contribution in [0, 0.1) is 6.92 Å². The van der Waals surface area contributed by atoms with E-state index in [0.29, 0.717) is 6.04 Å². The molecular formula is C25H28N4S. The van der Waals surface area contributed by atoms with Gasteiger partial charge in [0.2, 0.25) is 0 Å². The van der Waals surface area contributed by atoms with Crippen LogP contribution in [-0.2, 0) is 0 Å². The molecule has 154 valence electrons. The molecule has 1 aliphatic heterocycles. The van der Waals surface area contributed by atoms with Crippen molar-refractivity contribution >= 4 is 17.3 Å². The number of hydrogen-bond acceptors (Lipinski definition) is 2. The van der Waals surface area contributed by atoms with Crippen LogP contribution in [0.2, 0.25) is 0 Å². The number of rotatable bonds is 4. The molecule has 2 fully saturated rings. The summed E-state index contributed by atoms with van der Waals surface area (Å²) in [5, 5.41) is 4.50. The maximum atomic E-state index is 5.92. The van der Waals surface area contributed by atoms with Crippen LogP contribution in [0.15, 0.2) is 66.9 Å². The zero-order chi connectivity index (χ0) is 20.5. The summed E-state index contributed by atoms with van der Waals surface area (Å²) in [4.78, 5) is 7.19. The molecule has 0 radical (unpaired) electrons. The van der Waals surface area contributed by atoms with E-state index in [-0.39, 0.29) is 12.1 Å². The summed E-state index contributed by atoms with van der Waals surface area (Å²) in [7, 11) is 0. The van der Waals surface area contributed by atoms with E-state index in [1.165, 1.54) is 49.2 Å². The van der Waals surface area contributed by atoms with E-state index >= 15 is 0 Å². The molecule has 2 aromatic heterocycles. The molecule has 1 aliphatic carbocycles. The molecule has 2 atom stereocenters. The first-order valence-corrected chi connectivity index (χ1v) is 11.4. The van der Waals surface area contributed by atoms with E-state index in [2.05, 4.69) is 76.3 Å². The van der Waals surface area contributed by atoms with Crippen LogP contribution in [0.25, 0.3) is 5.69 Å². The van der Waals surface area contributed by atoms with Gasteiger partial charge in [0.15, 0.2) is 5.11 Å². The van der Waals surface area contributed by atoms with Gasteiger partial charge in [-0.25, -0.2) is 0 Å². The number of aryl methyl sites for hydroxylation is 1. The minimum Gasteiger partial charge on any atom is -0.352 e. The van der Waals surface area contributed by atoms with Gasteiger partial charge < -0.3 is 14.8 Å². The Balaban J connectivity index is 1.64. The van der Waals surface area contributed by atoms with Gasteiger partial charge in [-0.2, -0.15) is 0 Å².